The summed E-state index contributed by atoms with van der Waals surface area (Å²) in [5, 5.41) is 0. The Morgan fingerprint density at radius 1 is 1.70 bits per heavy atom. The molecule has 0 fully saturated rings. The molecule has 1 N–H and O–H groups in total. The van der Waals surface area contributed by atoms with E-state index in [-0.39, 0.29) is 5.97 Å². The van der Waals surface area contributed by atoms with Gasteiger partial charge in [0.05, 0.1) is 6.26 Å². The lowest BCUT2D eigenvalue weighted by Gasteiger charge is -1.83. The molecule has 60 valence electrons. The Hall–Kier alpha value is -0.880. The van der Waals surface area contributed by atoms with Gasteiger partial charge in [-0.05, 0) is 0 Å². The monoisotopic (exact) mass is 168 g/mol. The molecule has 0 aromatic carbocycles. The van der Waals surface area contributed by atoms with Gasteiger partial charge in [0.2, 0.25) is 0 Å². The van der Waals surface area contributed by atoms with Crippen molar-refractivity contribution < 1.29 is 22.5 Å². The molecule has 0 radical (unpaired) electrons. The zero-order valence-corrected chi connectivity index (χ0v) is 6.21. The minimum atomic E-state index is -3.12. The van der Waals surface area contributed by atoms with Crippen LogP contribution in [0.4, 0.5) is 0 Å². The SMILES string of the molecule is C=COC(C)=O.O=[SH](=O)O. The molecule has 0 aliphatic rings. The summed E-state index contributed by atoms with van der Waals surface area (Å²) in [7, 11) is -3.12. The molecule has 0 saturated carbocycles. The minimum Gasteiger partial charge on any atom is -0.435 e. The van der Waals surface area contributed by atoms with E-state index in [0.29, 0.717) is 0 Å². The maximum absolute atomic E-state index is 9.75. The summed E-state index contributed by atoms with van der Waals surface area (Å²) in [4.78, 5) is 9.75. The van der Waals surface area contributed by atoms with Crippen LogP contribution in [0.1, 0.15) is 6.92 Å². The number of carbonyl (C=O) groups excluding carboxylic acids is 1. The number of thiol groups is 1. The van der Waals surface area contributed by atoms with Gasteiger partial charge in [0, 0.05) is 6.92 Å². The summed E-state index contributed by atoms with van der Waals surface area (Å²) in [5.74, 6) is -0.329. The first-order valence-corrected chi connectivity index (χ1v) is 3.25. The summed E-state index contributed by atoms with van der Waals surface area (Å²) < 4.78 is 28.4. The first kappa shape index (κ1) is 11.9. The maximum atomic E-state index is 9.75. The Morgan fingerprint density at radius 3 is 2.00 bits per heavy atom. The minimum absolute atomic E-state index is 0.329. The van der Waals surface area contributed by atoms with Gasteiger partial charge in [-0.15, -0.1) is 0 Å². The molecule has 5 nitrogen and oxygen atoms in total. The van der Waals surface area contributed by atoms with Crippen molar-refractivity contribution in [3.8, 4) is 0 Å². The highest BCUT2D eigenvalue weighted by Gasteiger charge is 1.79. The zero-order chi connectivity index (χ0) is 8.57. The Balaban J connectivity index is 0. The van der Waals surface area contributed by atoms with Crippen molar-refractivity contribution in [3.05, 3.63) is 12.8 Å². The molecule has 0 rings (SSSR count). The van der Waals surface area contributed by atoms with Gasteiger partial charge in [-0.2, -0.15) is 0 Å². The van der Waals surface area contributed by atoms with Crippen molar-refractivity contribution >= 4 is 17.0 Å². The highest BCUT2D eigenvalue weighted by Crippen LogP contribution is 1.70. The molecule has 0 unspecified atom stereocenters. The molecule has 0 amide bonds. The van der Waals surface area contributed by atoms with Crippen molar-refractivity contribution in [1.82, 2.24) is 0 Å². The number of hydrogen-bond acceptors (Lipinski definition) is 4. The van der Waals surface area contributed by atoms with E-state index in [1.807, 2.05) is 0 Å². The highest BCUT2D eigenvalue weighted by atomic mass is 32.2. The van der Waals surface area contributed by atoms with Crippen LogP contribution in [-0.4, -0.2) is 18.9 Å². The second-order valence-electron chi connectivity index (χ2n) is 1.01. The summed E-state index contributed by atoms with van der Waals surface area (Å²) in [6.07, 6.45) is 1.10. The fourth-order valence-corrected chi connectivity index (χ4v) is 0.117. The second kappa shape index (κ2) is 8.12. The summed E-state index contributed by atoms with van der Waals surface area (Å²) >= 11 is 0. The molecule has 0 saturated heterocycles. The third-order valence-corrected chi connectivity index (χ3v) is 0.249. The van der Waals surface area contributed by atoms with Crippen LogP contribution in [0.3, 0.4) is 0 Å². The molecule has 0 bridgehead atoms. The van der Waals surface area contributed by atoms with E-state index in [4.69, 9.17) is 13.0 Å². The molecule has 0 aromatic rings. The standard InChI is InChI=1S/C4H6O2.H2O3S/c1-3-6-4(2)5;1-4(2)3/h3H,1H2,2H3;4H,(H,1,2,3). The van der Waals surface area contributed by atoms with E-state index < -0.39 is 11.0 Å². The van der Waals surface area contributed by atoms with Crippen molar-refractivity contribution in [2.45, 2.75) is 6.92 Å². The largest absolute Gasteiger partial charge is 0.435 e. The topological polar surface area (TPSA) is 80.7 Å². The van der Waals surface area contributed by atoms with Crippen LogP contribution in [0.5, 0.6) is 0 Å². The molecule has 0 aliphatic heterocycles. The molecular weight excluding hydrogens is 160 g/mol. The average Bonchev–Trinajstić information content (AvgIpc) is 1.62. The van der Waals surface area contributed by atoms with Crippen molar-refractivity contribution in [3.63, 3.8) is 0 Å². The fraction of sp³-hybridized carbons (Fsp3) is 0.250. The summed E-state index contributed by atoms with van der Waals surface area (Å²) in [5.41, 5.74) is 0. The molecule has 10 heavy (non-hydrogen) atoms. The second-order valence-corrected chi connectivity index (χ2v) is 1.49. The molecule has 0 aliphatic carbocycles. The number of hydrogen-bond donors (Lipinski definition) is 2. The number of rotatable bonds is 1. The van der Waals surface area contributed by atoms with Crippen molar-refractivity contribution in [2.24, 2.45) is 0 Å². The van der Waals surface area contributed by atoms with Gasteiger partial charge in [0.1, 0.15) is 0 Å². The molecular formula is C4H8O5S. The lowest BCUT2D eigenvalue weighted by atomic mass is 10.8. The van der Waals surface area contributed by atoms with Crippen LogP contribution < -0.4 is 0 Å². The molecule has 0 heterocycles. The van der Waals surface area contributed by atoms with Crippen LogP contribution >= 0.6 is 0 Å². The van der Waals surface area contributed by atoms with Gasteiger partial charge in [-0.3, -0.25) is 9.35 Å². The van der Waals surface area contributed by atoms with Gasteiger partial charge in [0.25, 0.3) is 11.0 Å². The lowest BCUT2D eigenvalue weighted by Crippen LogP contribution is -1.87. The van der Waals surface area contributed by atoms with E-state index in [2.05, 4.69) is 11.3 Å². The molecule has 0 atom stereocenters. The Bertz CT molecular complexity index is 162. The van der Waals surface area contributed by atoms with Gasteiger partial charge in [-0.1, -0.05) is 6.58 Å². The number of carbonyl (C=O) groups is 1. The Labute approximate surface area is 60.1 Å². The van der Waals surface area contributed by atoms with Gasteiger partial charge in [-0.25, -0.2) is 8.42 Å². The highest BCUT2D eigenvalue weighted by molar-refractivity contribution is 7.66. The van der Waals surface area contributed by atoms with E-state index in [9.17, 15) is 4.79 Å². The van der Waals surface area contributed by atoms with Crippen molar-refractivity contribution in [2.75, 3.05) is 0 Å². The van der Waals surface area contributed by atoms with Gasteiger partial charge < -0.3 is 4.74 Å². The van der Waals surface area contributed by atoms with Crippen LogP contribution in [0, 0.1) is 0 Å². The van der Waals surface area contributed by atoms with Crippen LogP contribution in [-0.2, 0) is 20.5 Å². The van der Waals surface area contributed by atoms with E-state index >= 15 is 0 Å². The molecule has 6 heteroatoms. The Morgan fingerprint density at radius 2 is 2.00 bits per heavy atom. The third kappa shape index (κ3) is 59.3. The molecule has 0 spiro atoms. The van der Waals surface area contributed by atoms with Gasteiger partial charge in [0.15, 0.2) is 0 Å². The Kier molecular flexibility index (Phi) is 9.63. The maximum Gasteiger partial charge on any atom is 0.307 e. The fourth-order valence-electron chi connectivity index (χ4n) is 0.117. The normalized spacial score (nSPS) is 7.50. The quantitative estimate of drug-likeness (QED) is 0.244. The van der Waals surface area contributed by atoms with Crippen LogP contribution in [0.2, 0.25) is 0 Å². The van der Waals surface area contributed by atoms with Gasteiger partial charge >= 0.3 is 5.97 Å². The average molecular weight is 168 g/mol. The lowest BCUT2D eigenvalue weighted by molar-refractivity contribution is -0.135. The van der Waals surface area contributed by atoms with Crippen LogP contribution in [0.25, 0.3) is 0 Å². The summed E-state index contributed by atoms with van der Waals surface area (Å²) in [6, 6.07) is 0. The number of ether oxygens (including phenoxy) is 1. The predicted octanol–water partition coefficient (Wildman–Crippen LogP) is -0.236. The third-order valence-electron chi connectivity index (χ3n) is 0.249. The number of esters is 1. The predicted molar refractivity (Wildman–Crippen MR) is 34.9 cm³/mol. The summed E-state index contributed by atoms with van der Waals surface area (Å²) in [6.45, 7) is 4.48. The van der Waals surface area contributed by atoms with Crippen LogP contribution in [0.15, 0.2) is 12.8 Å². The smallest absolute Gasteiger partial charge is 0.307 e. The molecule has 0 aromatic heterocycles. The van der Waals surface area contributed by atoms with E-state index in [1.165, 1.54) is 6.92 Å². The van der Waals surface area contributed by atoms with E-state index in [0.717, 1.165) is 6.26 Å². The zero-order valence-electron chi connectivity index (χ0n) is 5.31. The first-order valence-electron chi connectivity index (χ1n) is 2.12. The first-order chi connectivity index (χ1) is 4.50. The van der Waals surface area contributed by atoms with E-state index in [1.54, 1.807) is 0 Å². The van der Waals surface area contributed by atoms with Crippen molar-refractivity contribution in [1.29, 1.82) is 0 Å².